The van der Waals surface area contributed by atoms with E-state index >= 15 is 0 Å². The Labute approximate surface area is 105 Å². The van der Waals surface area contributed by atoms with E-state index in [-0.39, 0.29) is 29.8 Å². The molecule has 0 aromatic rings. The van der Waals surface area contributed by atoms with Gasteiger partial charge in [0.1, 0.15) is 6.10 Å². The first-order valence-electron chi connectivity index (χ1n) is 5.86. The van der Waals surface area contributed by atoms with Crippen LogP contribution in [0.25, 0.3) is 0 Å². The van der Waals surface area contributed by atoms with Gasteiger partial charge in [-0.1, -0.05) is 6.08 Å². The second-order valence-corrected chi connectivity index (χ2v) is 4.55. The summed E-state index contributed by atoms with van der Waals surface area (Å²) < 4.78 is 5.12. The van der Waals surface area contributed by atoms with Gasteiger partial charge in [-0.25, -0.2) is 0 Å². The molecule has 96 valence electrons. The predicted octanol–water partition coefficient (Wildman–Crippen LogP) is 0.809. The van der Waals surface area contributed by atoms with Crippen LogP contribution < -0.4 is 0 Å². The van der Waals surface area contributed by atoms with Crippen LogP contribution in [0.2, 0.25) is 0 Å². The van der Waals surface area contributed by atoms with E-state index in [0.29, 0.717) is 13.0 Å². The molecular weight excluding hydrogens is 234 g/mol. The third-order valence-corrected chi connectivity index (χ3v) is 3.15. The monoisotopic (exact) mass is 249 g/mol. The molecule has 0 unspecified atom stereocenters. The van der Waals surface area contributed by atoms with Crippen LogP contribution in [0, 0.1) is 5.92 Å². The molecule has 5 heteroatoms. The van der Waals surface area contributed by atoms with Crippen molar-refractivity contribution in [2.75, 3.05) is 6.54 Å². The molecule has 18 heavy (non-hydrogen) atoms. The molecule has 0 saturated carbocycles. The van der Waals surface area contributed by atoms with Crippen molar-refractivity contribution in [3.05, 3.63) is 23.8 Å². The molecule has 0 saturated heterocycles. The van der Waals surface area contributed by atoms with Gasteiger partial charge in [0.2, 0.25) is 5.91 Å². The summed E-state index contributed by atoms with van der Waals surface area (Å²) in [6, 6.07) is 0. The molecule has 5 nitrogen and oxygen atoms in total. The minimum absolute atomic E-state index is 0.0564. The number of imide groups is 1. The Morgan fingerprint density at radius 1 is 1.39 bits per heavy atom. The maximum absolute atomic E-state index is 11.7. The number of fused-ring (bicyclic) bond motifs is 1. The Bertz CT molecular complexity index is 464. The molecule has 2 atom stereocenters. The van der Waals surface area contributed by atoms with Gasteiger partial charge in [0.25, 0.3) is 5.91 Å². The van der Waals surface area contributed by atoms with E-state index in [1.165, 1.54) is 24.8 Å². The van der Waals surface area contributed by atoms with E-state index in [0.717, 1.165) is 5.57 Å². The fraction of sp³-hybridized carbons (Fsp3) is 0.462. The molecular formula is C13H15NO4. The van der Waals surface area contributed by atoms with E-state index in [4.69, 9.17) is 4.74 Å². The number of allylic oxidation sites excluding steroid dienone is 1. The number of hydrogen-bond acceptors (Lipinski definition) is 4. The SMILES string of the molecule is CC(=O)O[C@@H]1C=CC2=CC(=O)N(C(C)=O)C[C@@H]2C1. The number of rotatable bonds is 1. The van der Waals surface area contributed by atoms with E-state index < -0.39 is 0 Å². The molecule has 0 fully saturated rings. The summed E-state index contributed by atoms with van der Waals surface area (Å²) in [6.45, 7) is 3.10. The Hall–Kier alpha value is -1.91. The summed E-state index contributed by atoms with van der Waals surface area (Å²) in [4.78, 5) is 35.1. The quantitative estimate of drug-likeness (QED) is 0.645. The summed E-state index contributed by atoms with van der Waals surface area (Å²) in [5, 5.41) is 0. The van der Waals surface area contributed by atoms with Crippen molar-refractivity contribution in [3.8, 4) is 0 Å². The number of carbonyl (C=O) groups excluding carboxylic acids is 3. The molecule has 0 aromatic heterocycles. The lowest BCUT2D eigenvalue weighted by Gasteiger charge is -2.33. The number of ether oxygens (including phenoxy) is 1. The molecule has 0 N–H and O–H groups in total. The average Bonchev–Trinajstić information content (AvgIpc) is 2.27. The second kappa shape index (κ2) is 4.76. The Morgan fingerprint density at radius 3 is 2.72 bits per heavy atom. The molecule has 1 aliphatic carbocycles. The summed E-state index contributed by atoms with van der Waals surface area (Å²) in [7, 11) is 0. The molecule has 1 aliphatic heterocycles. The van der Waals surface area contributed by atoms with Crippen molar-refractivity contribution in [1.29, 1.82) is 0 Å². The highest BCUT2D eigenvalue weighted by Gasteiger charge is 2.32. The lowest BCUT2D eigenvalue weighted by Crippen LogP contribution is -2.43. The zero-order valence-corrected chi connectivity index (χ0v) is 10.4. The molecule has 0 bridgehead atoms. The smallest absolute Gasteiger partial charge is 0.303 e. The minimum Gasteiger partial charge on any atom is -0.458 e. The van der Waals surface area contributed by atoms with E-state index in [1.54, 1.807) is 12.2 Å². The third kappa shape index (κ3) is 2.50. The number of hydrogen-bond donors (Lipinski definition) is 0. The van der Waals surface area contributed by atoms with Crippen molar-refractivity contribution in [3.63, 3.8) is 0 Å². The van der Waals surface area contributed by atoms with E-state index in [2.05, 4.69) is 0 Å². The third-order valence-electron chi connectivity index (χ3n) is 3.15. The van der Waals surface area contributed by atoms with Gasteiger partial charge in [-0.2, -0.15) is 0 Å². The number of esters is 1. The van der Waals surface area contributed by atoms with Gasteiger partial charge in [-0.15, -0.1) is 0 Å². The van der Waals surface area contributed by atoms with E-state index in [9.17, 15) is 14.4 Å². The summed E-state index contributed by atoms with van der Waals surface area (Å²) in [5.74, 6) is -0.799. The largest absolute Gasteiger partial charge is 0.458 e. The van der Waals surface area contributed by atoms with Crippen LogP contribution in [0.4, 0.5) is 0 Å². The highest BCUT2D eigenvalue weighted by atomic mass is 16.5. The van der Waals surface area contributed by atoms with Crippen LogP contribution in [0.3, 0.4) is 0 Å². The predicted molar refractivity (Wildman–Crippen MR) is 63.3 cm³/mol. The molecule has 1 heterocycles. The van der Waals surface area contributed by atoms with Gasteiger partial charge in [0, 0.05) is 32.4 Å². The fourth-order valence-electron chi connectivity index (χ4n) is 2.31. The van der Waals surface area contributed by atoms with Crippen LogP contribution in [-0.2, 0) is 19.1 Å². The first-order chi connectivity index (χ1) is 8.47. The van der Waals surface area contributed by atoms with Gasteiger partial charge < -0.3 is 4.74 Å². The molecule has 2 amide bonds. The standard InChI is InChI=1S/C13H15NO4/c1-8(15)14-7-11-5-12(18-9(2)16)4-3-10(11)6-13(14)17/h3-4,6,11-12H,5,7H2,1-2H3/t11-,12+/m0/s1. The lowest BCUT2D eigenvalue weighted by molar-refractivity contribution is -0.147. The van der Waals surface area contributed by atoms with Crippen LogP contribution in [-0.4, -0.2) is 35.3 Å². The number of carbonyl (C=O) groups is 3. The van der Waals surface area contributed by atoms with Gasteiger partial charge in [0.15, 0.2) is 0 Å². The van der Waals surface area contributed by atoms with Crippen molar-refractivity contribution < 1.29 is 19.1 Å². The van der Waals surface area contributed by atoms with Gasteiger partial charge >= 0.3 is 5.97 Å². The zero-order chi connectivity index (χ0) is 13.3. The maximum atomic E-state index is 11.7. The van der Waals surface area contributed by atoms with Crippen molar-refractivity contribution >= 4 is 17.8 Å². The first-order valence-corrected chi connectivity index (χ1v) is 5.86. The van der Waals surface area contributed by atoms with E-state index in [1.807, 2.05) is 0 Å². The second-order valence-electron chi connectivity index (χ2n) is 4.55. The molecule has 0 aromatic carbocycles. The Morgan fingerprint density at radius 2 is 2.11 bits per heavy atom. The topological polar surface area (TPSA) is 63.7 Å². The maximum Gasteiger partial charge on any atom is 0.303 e. The highest BCUT2D eigenvalue weighted by molar-refractivity contribution is 6.01. The molecule has 2 rings (SSSR count). The highest BCUT2D eigenvalue weighted by Crippen LogP contribution is 2.30. The van der Waals surface area contributed by atoms with Crippen LogP contribution in [0.1, 0.15) is 20.3 Å². The minimum atomic E-state index is -0.326. The van der Waals surface area contributed by atoms with Gasteiger partial charge in [-0.05, 0) is 18.1 Å². The summed E-state index contributed by atoms with van der Waals surface area (Å²) in [6.07, 6.45) is 5.40. The summed E-state index contributed by atoms with van der Waals surface area (Å²) in [5.41, 5.74) is 0.904. The van der Waals surface area contributed by atoms with Gasteiger partial charge in [0.05, 0.1) is 0 Å². The molecule has 0 spiro atoms. The average molecular weight is 249 g/mol. The molecule has 2 aliphatic rings. The Kier molecular flexibility index (Phi) is 3.32. The van der Waals surface area contributed by atoms with Crippen molar-refractivity contribution in [2.24, 2.45) is 5.92 Å². The molecule has 0 radical (unpaired) electrons. The fourth-order valence-corrected chi connectivity index (χ4v) is 2.31. The first kappa shape index (κ1) is 12.5. The van der Waals surface area contributed by atoms with Crippen LogP contribution in [0.5, 0.6) is 0 Å². The normalized spacial score (nSPS) is 26.4. The zero-order valence-electron chi connectivity index (χ0n) is 10.4. The lowest BCUT2D eigenvalue weighted by atomic mass is 9.84. The van der Waals surface area contributed by atoms with Gasteiger partial charge in [-0.3, -0.25) is 19.3 Å². The summed E-state index contributed by atoms with van der Waals surface area (Å²) >= 11 is 0. The van der Waals surface area contributed by atoms with Crippen molar-refractivity contribution in [1.82, 2.24) is 4.90 Å². The van der Waals surface area contributed by atoms with Crippen LogP contribution in [0.15, 0.2) is 23.8 Å². The van der Waals surface area contributed by atoms with Crippen molar-refractivity contribution in [2.45, 2.75) is 26.4 Å². The Balaban J connectivity index is 2.16. The number of amides is 2. The number of nitrogens with zero attached hydrogens (tertiary/aromatic N) is 1. The van der Waals surface area contributed by atoms with Crippen LogP contribution >= 0.6 is 0 Å².